The van der Waals surface area contributed by atoms with E-state index in [-0.39, 0.29) is 4.90 Å². The molecule has 0 N–H and O–H groups in total. The molecule has 0 saturated heterocycles. The third-order valence-corrected chi connectivity index (χ3v) is 6.59. The van der Waals surface area contributed by atoms with Gasteiger partial charge in [0.25, 0.3) is 0 Å². The summed E-state index contributed by atoms with van der Waals surface area (Å²) in [5, 5.41) is 0. The first kappa shape index (κ1) is 15.8. The number of hydrogen-bond acceptors (Lipinski definition) is 3. The van der Waals surface area contributed by atoms with Crippen LogP contribution in [0.5, 0.6) is 5.75 Å². The Morgan fingerprint density at radius 2 is 1.86 bits per heavy atom. The van der Waals surface area contributed by atoms with E-state index < -0.39 is 10.0 Å². The number of nitrogens with zero attached hydrogens (tertiary/aromatic N) is 1. The van der Waals surface area contributed by atoms with Crippen LogP contribution >= 0.6 is 22.6 Å². The van der Waals surface area contributed by atoms with Crippen molar-refractivity contribution < 1.29 is 13.2 Å². The van der Waals surface area contributed by atoms with E-state index in [1.807, 2.05) is 18.2 Å². The first-order chi connectivity index (χ1) is 10.5. The third-order valence-electron chi connectivity index (χ3n) is 3.86. The number of rotatable bonds is 3. The van der Waals surface area contributed by atoms with E-state index in [0.717, 1.165) is 15.6 Å². The Bertz CT molecular complexity index is 805. The second-order valence-corrected chi connectivity index (χ2v) is 8.25. The lowest BCUT2D eigenvalue weighted by molar-refractivity contribution is 0.389. The van der Waals surface area contributed by atoms with Gasteiger partial charge < -0.3 is 4.74 Å². The Morgan fingerprint density at radius 1 is 1.14 bits per heavy atom. The van der Waals surface area contributed by atoms with E-state index in [0.29, 0.717) is 18.8 Å². The zero-order valence-corrected chi connectivity index (χ0v) is 15.1. The molecule has 22 heavy (non-hydrogen) atoms. The number of ether oxygens (including phenoxy) is 1. The number of benzene rings is 2. The van der Waals surface area contributed by atoms with E-state index in [2.05, 4.69) is 28.7 Å². The molecule has 3 rings (SSSR count). The molecule has 0 atom stereocenters. The van der Waals surface area contributed by atoms with Crippen LogP contribution in [0.1, 0.15) is 11.1 Å². The van der Waals surface area contributed by atoms with Crippen LogP contribution in [0.4, 0.5) is 0 Å². The molecule has 116 valence electrons. The number of methoxy groups -OCH3 is 1. The molecule has 6 heteroatoms. The van der Waals surface area contributed by atoms with Gasteiger partial charge in [-0.2, -0.15) is 4.31 Å². The van der Waals surface area contributed by atoms with Gasteiger partial charge in [-0.1, -0.05) is 24.3 Å². The average Bonchev–Trinajstić information content (AvgIpc) is 2.54. The van der Waals surface area contributed by atoms with E-state index in [1.54, 1.807) is 25.3 Å². The maximum Gasteiger partial charge on any atom is 0.243 e. The lowest BCUT2D eigenvalue weighted by atomic mass is 10.0. The second-order valence-electron chi connectivity index (χ2n) is 5.15. The normalized spacial score (nSPS) is 15.4. The predicted octanol–water partition coefficient (Wildman–Crippen LogP) is 3.05. The summed E-state index contributed by atoms with van der Waals surface area (Å²) in [5.41, 5.74) is 2.31. The van der Waals surface area contributed by atoms with Crippen LogP contribution in [0.2, 0.25) is 0 Å². The van der Waals surface area contributed by atoms with Gasteiger partial charge >= 0.3 is 0 Å². The summed E-state index contributed by atoms with van der Waals surface area (Å²) in [4.78, 5) is 0.282. The molecular weight excluding hydrogens is 413 g/mol. The monoisotopic (exact) mass is 429 g/mol. The van der Waals surface area contributed by atoms with Crippen LogP contribution in [0.3, 0.4) is 0 Å². The maximum atomic E-state index is 12.8. The van der Waals surface area contributed by atoms with Crippen molar-refractivity contribution in [2.24, 2.45) is 0 Å². The van der Waals surface area contributed by atoms with Gasteiger partial charge in [-0.05, 0) is 52.3 Å². The highest BCUT2D eigenvalue weighted by Crippen LogP contribution is 2.29. The smallest absolute Gasteiger partial charge is 0.243 e. The van der Waals surface area contributed by atoms with Crippen LogP contribution in [-0.2, 0) is 23.0 Å². The molecule has 2 aromatic carbocycles. The van der Waals surface area contributed by atoms with E-state index in [1.165, 1.54) is 9.87 Å². The Balaban J connectivity index is 1.94. The molecule has 0 saturated carbocycles. The molecule has 0 aliphatic carbocycles. The van der Waals surface area contributed by atoms with Crippen molar-refractivity contribution >= 4 is 32.6 Å². The van der Waals surface area contributed by atoms with E-state index in [4.69, 9.17) is 4.74 Å². The topological polar surface area (TPSA) is 46.6 Å². The zero-order chi connectivity index (χ0) is 15.7. The predicted molar refractivity (Wildman–Crippen MR) is 93.5 cm³/mol. The van der Waals surface area contributed by atoms with Crippen LogP contribution in [0.15, 0.2) is 47.4 Å². The summed E-state index contributed by atoms with van der Waals surface area (Å²) >= 11 is 2.13. The highest BCUT2D eigenvalue weighted by atomic mass is 127. The number of halogens is 1. The standard InChI is InChI=1S/C16H16INO3S/c1-21-16-10-14(6-7-15(16)17)22(19,20)18-9-8-12-4-2-3-5-13(12)11-18/h2-7,10H,8-9,11H2,1H3. The van der Waals surface area contributed by atoms with Crippen molar-refractivity contribution in [3.63, 3.8) is 0 Å². The van der Waals surface area contributed by atoms with Gasteiger partial charge in [0.15, 0.2) is 0 Å². The SMILES string of the molecule is COc1cc(S(=O)(=O)N2CCc3ccccc3C2)ccc1I. The minimum atomic E-state index is -3.50. The fourth-order valence-electron chi connectivity index (χ4n) is 2.62. The Hall–Kier alpha value is -1.12. The summed E-state index contributed by atoms with van der Waals surface area (Å²) in [6.45, 7) is 0.931. The highest BCUT2D eigenvalue weighted by molar-refractivity contribution is 14.1. The van der Waals surface area contributed by atoms with Gasteiger partial charge in [-0.25, -0.2) is 8.42 Å². The molecule has 1 aliphatic heterocycles. The van der Waals surface area contributed by atoms with Crippen molar-refractivity contribution in [1.29, 1.82) is 0 Å². The number of fused-ring (bicyclic) bond motifs is 1. The van der Waals surface area contributed by atoms with Crippen molar-refractivity contribution in [2.45, 2.75) is 17.9 Å². The summed E-state index contributed by atoms with van der Waals surface area (Å²) in [7, 11) is -1.96. The van der Waals surface area contributed by atoms with Crippen molar-refractivity contribution in [2.75, 3.05) is 13.7 Å². The third kappa shape index (κ3) is 2.87. The van der Waals surface area contributed by atoms with Crippen LogP contribution in [0, 0.1) is 3.57 Å². The average molecular weight is 429 g/mol. The molecule has 2 aromatic rings. The van der Waals surface area contributed by atoms with Crippen LogP contribution < -0.4 is 4.74 Å². The second kappa shape index (κ2) is 6.17. The largest absolute Gasteiger partial charge is 0.496 e. The number of sulfonamides is 1. The van der Waals surface area contributed by atoms with Gasteiger partial charge in [0, 0.05) is 19.2 Å². The summed E-state index contributed by atoms with van der Waals surface area (Å²) in [6, 6.07) is 13.0. The quantitative estimate of drug-likeness (QED) is 0.705. The van der Waals surface area contributed by atoms with Crippen LogP contribution in [0.25, 0.3) is 0 Å². The number of hydrogen-bond donors (Lipinski definition) is 0. The van der Waals surface area contributed by atoms with E-state index in [9.17, 15) is 8.42 Å². The molecule has 0 radical (unpaired) electrons. The van der Waals surface area contributed by atoms with Crippen molar-refractivity contribution in [3.05, 3.63) is 57.2 Å². The summed E-state index contributed by atoms with van der Waals surface area (Å²) in [5.74, 6) is 0.582. The van der Waals surface area contributed by atoms with Gasteiger partial charge in [0.2, 0.25) is 10.0 Å². The lowest BCUT2D eigenvalue weighted by Crippen LogP contribution is -2.35. The zero-order valence-electron chi connectivity index (χ0n) is 12.1. The minimum absolute atomic E-state index is 0.282. The Labute approximate surface area is 144 Å². The Morgan fingerprint density at radius 3 is 2.59 bits per heavy atom. The van der Waals surface area contributed by atoms with Crippen molar-refractivity contribution in [1.82, 2.24) is 4.31 Å². The Kier molecular flexibility index (Phi) is 4.42. The van der Waals surface area contributed by atoms with Gasteiger partial charge in [0.1, 0.15) is 5.75 Å². The molecule has 0 fully saturated rings. The van der Waals surface area contributed by atoms with Crippen LogP contribution in [-0.4, -0.2) is 26.4 Å². The van der Waals surface area contributed by atoms with Gasteiger partial charge in [-0.15, -0.1) is 0 Å². The highest BCUT2D eigenvalue weighted by Gasteiger charge is 2.28. The molecule has 0 aromatic heterocycles. The molecule has 1 aliphatic rings. The fourth-order valence-corrected chi connectivity index (χ4v) is 4.62. The lowest BCUT2D eigenvalue weighted by Gasteiger charge is -2.28. The first-order valence-electron chi connectivity index (χ1n) is 6.93. The minimum Gasteiger partial charge on any atom is -0.496 e. The maximum absolute atomic E-state index is 12.8. The first-order valence-corrected chi connectivity index (χ1v) is 9.45. The van der Waals surface area contributed by atoms with Gasteiger partial charge in [0.05, 0.1) is 15.6 Å². The summed E-state index contributed by atoms with van der Waals surface area (Å²) in [6.07, 6.45) is 0.747. The molecule has 0 spiro atoms. The van der Waals surface area contributed by atoms with Crippen molar-refractivity contribution in [3.8, 4) is 5.75 Å². The molecule has 0 bridgehead atoms. The summed E-state index contributed by atoms with van der Waals surface area (Å²) < 4.78 is 33.4. The molecule has 4 nitrogen and oxygen atoms in total. The molecule has 0 unspecified atom stereocenters. The fraction of sp³-hybridized carbons (Fsp3) is 0.250. The van der Waals surface area contributed by atoms with Gasteiger partial charge in [-0.3, -0.25) is 0 Å². The molecular formula is C16H16INO3S. The van der Waals surface area contributed by atoms with E-state index >= 15 is 0 Å². The molecule has 1 heterocycles. The molecule has 0 amide bonds.